The molecular formula is C21H44O5S. The second-order valence-corrected chi connectivity index (χ2v) is 9.74. The summed E-state index contributed by atoms with van der Waals surface area (Å²) in [7, 11) is -4.01. The van der Waals surface area contributed by atoms with Crippen LogP contribution in [0.3, 0.4) is 0 Å². The van der Waals surface area contributed by atoms with Crippen molar-refractivity contribution in [1.82, 2.24) is 0 Å². The average molecular weight is 409 g/mol. The maximum atomic E-state index is 11.7. The first-order valence-electron chi connectivity index (χ1n) is 10.9. The molecule has 0 spiro atoms. The maximum absolute atomic E-state index is 11.7. The molecule has 164 valence electrons. The zero-order valence-electron chi connectivity index (χ0n) is 18.1. The van der Waals surface area contributed by atoms with Gasteiger partial charge in [-0.1, -0.05) is 47.0 Å². The molecule has 0 aromatic heterocycles. The van der Waals surface area contributed by atoms with Crippen LogP contribution >= 0.6 is 0 Å². The van der Waals surface area contributed by atoms with Crippen molar-refractivity contribution < 1.29 is 22.8 Å². The third-order valence-corrected chi connectivity index (χ3v) is 8.49. The Labute approximate surface area is 168 Å². The van der Waals surface area contributed by atoms with E-state index in [0.29, 0.717) is 31.3 Å². The predicted molar refractivity (Wildman–Crippen MR) is 113 cm³/mol. The third-order valence-electron chi connectivity index (χ3n) is 6.62. The van der Waals surface area contributed by atoms with E-state index in [1.807, 2.05) is 13.8 Å². The highest BCUT2D eigenvalue weighted by atomic mass is 32.2. The number of unbranched alkanes of at least 4 members (excludes halogenated alkanes) is 2. The molecule has 0 aromatic carbocycles. The molecule has 0 fully saturated rings. The first kappa shape index (κ1) is 26.8. The van der Waals surface area contributed by atoms with E-state index in [4.69, 9.17) is 9.84 Å². The first-order valence-corrected chi connectivity index (χ1v) is 12.4. The van der Waals surface area contributed by atoms with Crippen LogP contribution in [0.2, 0.25) is 0 Å². The van der Waals surface area contributed by atoms with E-state index in [0.717, 1.165) is 58.0 Å². The molecule has 0 aromatic rings. The van der Waals surface area contributed by atoms with Gasteiger partial charge in [-0.05, 0) is 63.2 Å². The SMILES string of the molecule is CCC(CC)(CCCO)CCCCOCCCCC(CC)(CC)S(=O)(=O)O. The molecule has 0 aliphatic heterocycles. The van der Waals surface area contributed by atoms with E-state index in [9.17, 15) is 13.0 Å². The fourth-order valence-corrected chi connectivity index (χ4v) is 5.22. The first-order chi connectivity index (χ1) is 12.8. The Morgan fingerprint density at radius 2 is 1.22 bits per heavy atom. The second-order valence-electron chi connectivity index (χ2n) is 7.93. The lowest BCUT2D eigenvalue weighted by atomic mass is 9.74. The van der Waals surface area contributed by atoms with Gasteiger partial charge in [-0.3, -0.25) is 4.55 Å². The van der Waals surface area contributed by atoms with Crippen molar-refractivity contribution in [1.29, 1.82) is 0 Å². The summed E-state index contributed by atoms with van der Waals surface area (Å²) in [6.07, 6.45) is 10.6. The van der Waals surface area contributed by atoms with E-state index < -0.39 is 14.9 Å². The lowest BCUT2D eigenvalue weighted by Gasteiger charge is -2.32. The van der Waals surface area contributed by atoms with Crippen LogP contribution in [0.25, 0.3) is 0 Å². The molecule has 0 rings (SSSR count). The molecule has 0 amide bonds. The van der Waals surface area contributed by atoms with Crippen LogP contribution in [-0.2, 0) is 14.9 Å². The predicted octanol–water partition coefficient (Wildman–Crippen LogP) is 5.37. The van der Waals surface area contributed by atoms with E-state index in [2.05, 4.69) is 13.8 Å². The summed E-state index contributed by atoms with van der Waals surface area (Å²) in [5.74, 6) is 0. The molecule has 0 saturated heterocycles. The summed E-state index contributed by atoms with van der Waals surface area (Å²) in [6, 6.07) is 0. The molecule has 0 unspecified atom stereocenters. The molecule has 2 N–H and O–H groups in total. The van der Waals surface area contributed by atoms with Gasteiger partial charge >= 0.3 is 0 Å². The number of hydrogen-bond donors (Lipinski definition) is 2. The molecule has 6 heteroatoms. The number of aliphatic hydroxyl groups excluding tert-OH is 1. The number of ether oxygens (including phenoxy) is 1. The van der Waals surface area contributed by atoms with Gasteiger partial charge in [0.1, 0.15) is 0 Å². The number of aliphatic hydroxyl groups is 1. The Kier molecular flexibility index (Phi) is 13.8. The Morgan fingerprint density at radius 1 is 0.741 bits per heavy atom. The monoisotopic (exact) mass is 408 g/mol. The molecule has 0 heterocycles. The van der Waals surface area contributed by atoms with Crippen LogP contribution in [0.1, 0.15) is 105 Å². The van der Waals surface area contributed by atoms with Gasteiger partial charge in [0, 0.05) is 19.8 Å². The normalized spacial score (nSPS) is 13.3. The largest absolute Gasteiger partial charge is 0.396 e. The van der Waals surface area contributed by atoms with E-state index in [1.165, 1.54) is 6.42 Å². The van der Waals surface area contributed by atoms with E-state index in [-0.39, 0.29) is 6.61 Å². The van der Waals surface area contributed by atoms with Crippen molar-refractivity contribution in [2.45, 2.75) is 109 Å². The van der Waals surface area contributed by atoms with Crippen LogP contribution in [-0.4, -0.2) is 42.6 Å². The molecule has 0 saturated carbocycles. The summed E-state index contributed by atoms with van der Waals surface area (Å²) in [5.41, 5.74) is 0.363. The lowest BCUT2D eigenvalue weighted by Crippen LogP contribution is -2.37. The standard InChI is InChI=1S/C21H44O5S/c1-5-20(6-2,15-13-17-22)14-9-11-18-26-19-12-10-16-21(7-3,8-4)27(23,24)25/h22H,5-19H2,1-4H3,(H,23,24,25). The number of rotatable bonds is 18. The molecule has 0 radical (unpaired) electrons. The smallest absolute Gasteiger partial charge is 0.270 e. The van der Waals surface area contributed by atoms with Crippen LogP contribution < -0.4 is 0 Å². The van der Waals surface area contributed by atoms with Crippen molar-refractivity contribution in [2.24, 2.45) is 5.41 Å². The van der Waals surface area contributed by atoms with E-state index >= 15 is 0 Å². The number of hydrogen-bond acceptors (Lipinski definition) is 4. The minimum Gasteiger partial charge on any atom is -0.396 e. The topological polar surface area (TPSA) is 83.8 Å². The van der Waals surface area contributed by atoms with Gasteiger partial charge in [0.05, 0.1) is 4.75 Å². The quantitative estimate of drug-likeness (QED) is 0.235. The lowest BCUT2D eigenvalue weighted by molar-refractivity contribution is 0.117. The van der Waals surface area contributed by atoms with Crippen molar-refractivity contribution in [2.75, 3.05) is 19.8 Å². The molecular weight excluding hydrogens is 364 g/mol. The fourth-order valence-electron chi connectivity index (χ4n) is 4.09. The summed E-state index contributed by atoms with van der Waals surface area (Å²) in [6.45, 7) is 9.80. The molecule has 0 atom stereocenters. The highest BCUT2D eigenvalue weighted by molar-refractivity contribution is 7.87. The van der Waals surface area contributed by atoms with Gasteiger partial charge in [-0.15, -0.1) is 0 Å². The summed E-state index contributed by atoms with van der Waals surface area (Å²) >= 11 is 0. The van der Waals surface area contributed by atoms with Gasteiger partial charge in [-0.25, -0.2) is 0 Å². The van der Waals surface area contributed by atoms with Crippen LogP contribution in [0, 0.1) is 5.41 Å². The molecule has 0 bridgehead atoms. The average Bonchev–Trinajstić information content (AvgIpc) is 2.65. The van der Waals surface area contributed by atoms with E-state index in [1.54, 1.807) is 0 Å². The third kappa shape index (κ3) is 9.25. The van der Waals surface area contributed by atoms with Gasteiger partial charge < -0.3 is 9.84 Å². The van der Waals surface area contributed by atoms with Gasteiger partial charge in [0.25, 0.3) is 10.1 Å². The zero-order valence-corrected chi connectivity index (χ0v) is 19.0. The van der Waals surface area contributed by atoms with Crippen molar-refractivity contribution in [3.8, 4) is 0 Å². The van der Waals surface area contributed by atoms with Gasteiger partial charge in [0.2, 0.25) is 0 Å². The van der Waals surface area contributed by atoms with Crippen molar-refractivity contribution in [3.63, 3.8) is 0 Å². The van der Waals surface area contributed by atoms with Gasteiger partial charge in [-0.2, -0.15) is 8.42 Å². The highest BCUT2D eigenvalue weighted by Gasteiger charge is 2.38. The maximum Gasteiger partial charge on any atom is 0.270 e. The Bertz CT molecular complexity index is 453. The van der Waals surface area contributed by atoms with Crippen molar-refractivity contribution in [3.05, 3.63) is 0 Å². The Hall–Kier alpha value is -0.170. The molecule has 0 aliphatic rings. The minimum atomic E-state index is -4.01. The fraction of sp³-hybridized carbons (Fsp3) is 1.00. The summed E-state index contributed by atoms with van der Waals surface area (Å²) in [5, 5.41) is 9.09. The second kappa shape index (κ2) is 13.9. The van der Waals surface area contributed by atoms with Crippen molar-refractivity contribution >= 4 is 10.1 Å². The molecule has 27 heavy (non-hydrogen) atoms. The Morgan fingerprint density at radius 3 is 1.63 bits per heavy atom. The highest BCUT2D eigenvalue weighted by Crippen LogP contribution is 2.37. The summed E-state index contributed by atoms with van der Waals surface area (Å²) in [4.78, 5) is 0. The summed E-state index contributed by atoms with van der Waals surface area (Å²) < 4.78 is 37.6. The molecule has 0 aliphatic carbocycles. The Balaban J connectivity index is 3.98. The van der Waals surface area contributed by atoms with Crippen LogP contribution in [0.15, 0.2) is 0 Å². The minimum absolute atomic E-state index is 0.278. The van der Waals surface area contributed by atoms with Crippen LogP contribution in [0.4, 0.5) is 0 Å². The molecule has 5 nitrogen and oxygen atoms in total. The van der Waals surface area contributed by atoms with Gasteiger partial charge in [0.15, 0.2) is 0 Å². The zero-order chi connectivity index (χ0) is 20.8. The van der Waals surface area contributed by atoms with Crippen LogP contribution in [0.5, 0.6) is 0 Å².